The molecule has 2 aromatic rings. The zero-order valence-corrected chi connectivity index (χ0v) is 10.8. The van der Waals surface area contributed by atoms with Crippen molar-refractivity contribution in [3.63, 3.8) is 0 Å². The summed E-state index contributed by atoms with van der Waals surface area (Å²) in [6, 6.07) is 7.74. The van der Waals surface area contributed by atoms with Crippen LogP contribution in [0.1, 0.15) is 43.4 Å². The minimum atomic E-state index is -0.805. The summed E-state index contributed by atoms with van der Waals surface area (Å²) >= 11 is 0. The van der Waals surface area contributed by atoms with Crippen LogP contribution >= 0.6 is 0 Å². The van der Waals surface area contributed by atoms with E-state index in [2.05, 4.69) is 6.92 Å². The predicted octanol–water partition coefficient (Wildman–Crippen LogP) is 4.10. The fourth-order valence-electron chi connectivity index (χ4n) is 2.20. The Balaban J connectivity index is 2.38. The molecule has 0 aliphatic rings. The number of carbonyl (C=O) groups is 1. The lowest BCUT2D eigenvalue weighted by atomic mass is 9.99. The first kappa shape index (κ1) is 12.7. The highest BCUT2D eigenvalue weighted by Gasteiger charge is 2.23. The Morgan fingerprint density at radius 2 is 2.22 bits per heavy atom. The van der Waals surface area contributed by atoms with Crippen molar-refractivity contribution in [2.24, 2.45) is 0 Å². The molecule has 3 heteroatoms. The van der Waals surface area contributed by atoms with Crippen LogP contribution in [-0.4, -0.2) is 11.1 Å². The molecular weight excluding hydrogens is 228 g/mol. The van der Waals surface area contributed by atoms with Crippen molar-refractivity contribution in [3.8, 4) is 0 Å². The topological polar surface area (TPSA) is 50.4 Å². The van der Waals surface area contributed by atoms with Gasteiger partial charge in [-0.1, -0.05) is 38.0 Å². The van der Waals surface area contributed by atoms with Gasteiger partial charge in [0.1, 0.15) is 17.3 Å². The molecule has 0 aliphatic carbocycles. The minimum absolute atomic E-state index is 0.531. The van der Waals surface area contributed by atoms with Crippen LogP contribution in [0.25, 0.3) is 11.0 Å². The molecule has 1 atom stereocenters. The summed E-state index contributed by atoms with van der Waals surface area (Å²) in [5.74, 6) is -0.767. The highest BCUT2D eigenvalue weighted by atomic mass is 16.4. The summed E-state index contributed by atoms with van der Waals surface area (Å²) in [4.78, 5) is 11.3. The summed E-state index contributed by atoms with van der Waals surface area (Å²) in [5, 5.41) is 10.3. The standard InChI is InChI=1S/C15H18O3/c1-3-4-8-12(15(16)17)13-9-11-7-5-6-10(2)14(11)18-13/h5-7,9,12H,3-4,8H2,1-2H3,(H,16,17). The van der Waals surface area contributed by atoms with Crippen molar-refractivity contribution >= 4 is 16.9 Å². The second kappa shape index (κ2) is 5.25. The Kier molecular flexibility index (Phi) is 3.70. The van der Waals surface area contributed by atoms with Crippen molar-refractivity contribution in [2.75, 3.05) is 0 Å². The molecule has 0 radical (unpaired) electrons. The molecule has 1 N–H and O–H groups in total. The van der Waals surface area contributed by atoms with E-state index in [0.717, 1.165) is 29.4 Å². The van der Waals surface area contributed by atoms with Crippen LogP contribution in [-0.2, 0) is 4.79 Å². The van der Waals surface area contributed by atoms with Crippen LogP contribution in [0.5, 0.6) is 0 Å². The van der Waals surface area contributed by atoms with Crippen LogP contribution in [0.15, 0.2) is 28.7 Å². The number of para-hydroxylation sites is 1. The van der Waals surface area contributed by atoms with Crippen molar-refractivity contribution in [1.82, 2.24) is 0 Å². The third-order valence-corrected chi connectivity index (χ3v) is 3.25. The number of carboxylic acids is 1. The van der Waals surface area contributed by atoms with E-state index in [1.807, 2.05) is 31.2 Å². The van der Waals surface area contributed by atoms with Gasteiger partial charge in [0.05, 0.1) is 0 Å². The first-order valence-corrected chi connectivity index (χ1v) is 6.35. The Labute approximate surface area is 106 Å². The van der Waals surface area contributed by atoms with Gasteiger partial charge >= 0.3 is 5.97 Å². The maximum atomic E-state index is 11.3. The lowest BCUT2D eigenvalue weighted by Gasteiger charge is -2.08. The Hall–Kier alpha value is -1.77. The van der Waals surface area contributed by atoms with E-state index in [9.17, 15) is 9.90 Å². The first-order chi connectivity index (χ1) is 8.63. The lowest BCUT2D eigenvalue weighted by Crippen LogP contribution is -2.10. The van der Waals surface area contributed by atoms with E-state index in [1.54, 1.807) is 0 Å². The summed E-state index contributed by atoms with van der Waals surface area (Å²) in [6.45, 7) is 4.03. The predicted molar refractivity (Wildman–Crippen MR) is 70.9 cm³/mol. The molecule has 0 saturated heterocycles. The molecule has 3 nitrogen and oxygen atoms in total. The van der Waals surface area contributed by atoms with E-state index >= 15 is 0 Å². The Morgan fingerprint density at radius 3 is 2.83 bits per heavy atom. The molecule has 2 rings (SSSR count). The van der Waals surface area contributed by atoms with E-state index in [1.165, 1.54) is 0 Å². The summed E-state index contributed by atoms with van der Waals surface area (Å²) in [6.07, 6.45) is 2.51. The number of furan rings is 1. The smallest absolute Gasteiger partial charge is 0.314 e. The van der Waals surface area contributed by atoms with E-state index in [4.69, 9.17) is 4.42 Å². The second-order valence-electron chi connectivity index (χ2n) is 4.68. The first-order valence-electron chi connectivity index (χ1n) is 6.35. The van der Waals surface area contributed by atoms with Crippen LogP contribution < -0.4 is 0 Å². The Bertz CT molecular complexity index is 554. The summed E-state index contributed by atoms with van der Waals surface area (Å²) < 4.78 is 5.74. The molecule has 1 heterocycles. The average molecular weight is 246 g/mol. The number of rotatable bonds is 5. The number of aryl methyl sites for hydroxylation is 1. The van der Waals surface area contributed by atoms with Gasteiger partial charge in [-0.25, -0.2) is 0 Å². The third-order valence-electron chi connectivity index (χ3n) is 3.25. The molecule has 0 amide bonds. The monoisotopic (exact) mass is 246 g/mol. The van der Waals surface area contributed by atoms with Crippen LogP contribution in [0, 0.1) is 6.92 Å². The number of aliphatic carboxylic acids is 1. The fraction of sp³-hybridized carbons (Fsp3) is 0.400. The quantitative estimate of drug-likeness (QED) is 0.864. The number of unbranched alkanes of at least 4 members (excludes halogenated alkanes) is 1. The molecule has 1 aromatic heterocycles. The largest absolute Gasteiger partial charge is 0.481 e. The van der Waals surface area contributed by atoms with Crippen molar-refractivity contribution in [3.05, 3.63) is 35.6 Å². The maximum Gasteiger partial charge on any atom is 0.314 e. The van der Waals surface area contributed by atoms with Gasteiger partial charge in [-0.15, -0.1) is 0 Å². The van der Waals surface area contributed by atoms with Gasteiger partial charge in [-0.05, 0) is 25.0 Å². The second-order valence-corrected chi connectivity index (χ2v) is 4.68. The van der Waals surface area contributed by atoms with Crippen LogP contribution in [0.4, 0.5) is 0 Å². The molecular formula is C15H18O3. The highest BCUT2D eigenvalue weighted by Crippen LogP contribution is 2.30. The molecule has 0 aliphatic heterocycles. The number of hydrogen-bond acceptors (Lipinski definition) is 2. The molecule has 0 spiro atoms. The molecule has 18 heavy (non-hydrogen) atoms. The third kappa shape index (κ3) is 2.40. The summed E-state index contributed by atoms with van der Waals surface area (Å²) in [7, 11) is 0. The zero-order valence-electron chi connectivity index (χ0n) is 10.8. The van der Waals surface area contributed by atoms with Gasteiger partial charge in [-0.3, -0.25) is 4.79 Å². The highest BCUT2D eigenvalue weighted by molar-refractivity contribution is 5.83. The van der Waals surface area contributed by atoms with Gasteiger partial charge in [0.25, 0.3) is 0 Å². The maximum absolute atomic E-state index is 11.3. The average Bonchev–Trinajstić information content (AvgIpc) is 2.74. The van der Waals surface area contributed by atoms with E-state index < -0.39 is 11.9 Å². The Morgan fingerprint density at radius 1 is 1.44 bits per heavy atom. The molecule has 1 unspecified atom stereocenters. The number of benzene rings is 1. The van der Waals surface area contributed by atoms with Crippen molar-refractivity contribution in [2.45, 2.75) is 39.0 Å². The normalized spacial score (nSPS) is 12.8. The van der Waals surface area contributed by atoms with Crippen molar-refractivity contribution in [1.29, 1.82) is 0 Å². The molecule has 1 aromatic carbocycles. The molecule has 0 fully saturated rings. The summed E-state index contributed by atoms with van der Waals surface area (Å²) in [5.41, 5.74) is 1.84. The van der Waals surface area contributed by atoms with Gasteiger partial charge in [0.2, 0.25) is 0 Å². The molecule has 0 bridgehead atoms. The van der Waals surface area contributed by atoms with E-state index in [-0.39, 0.29) is 0 Å². The fourth-order valence-corrected chi connectivity index (χ4v) is 2.20. The molecule has 0 saturated carbocycles. The van der Waals surface area contributed by atoms with E-state index in [0.29, 0.717) is 12.2 Å². The number of fused-ring (bicyclic) bond motifs is 1. The minimum Gasteiger partial charge on any atom is -0.481 e. The lowest BCUT2D eigenvalue weighted by molar-refractivity contribution is -0.139. The molecule has 96 valence electrons. The van der Waals surface area contributed by atoms with Crippen LogP contribution in [0.2, 0.25) is 0 Å². The number of carboxylic acid groups (broad SMARTS) is 1. The van der Waals surface area contributed by atoms with Crippen LogP contribution in [0.3, 0.4) is 0 Å². The van der Waals surface area contributed by atoms with Gasteiger partial charge in [0.15, 0.2) is 0 Å². The van der Waals surface area contributed by atoms with Crippen molar-refractivity contribution < 1.29 is 14.3 Å². The van der Waals surface area contributed by atoms with Gasteiger partial charge < -0.3 is 9.52 Å². The van der Waals surface area contributed by atoms with Gasteiger partial charge in [0, 0.05) is 5.39 Å². The number of hydrogen-bond donors (Lipinski definition) is 1. The van der Waals surface area contributed by atoms with Gasteiger partial charge in [-0.2, -0.15) is 0 Å². The zero-order chi connectivity index (χ0) is 13.1. The SMILES string of the molecule is CCCCC(C(=O)O)c1cc2cccc(C)c2o1.